The number of aliphatic hydroxyl groups excluding tert-OH is 1. The molecule has 0 aromatic carbocycles. The van der Waals surface area contributed by atoms with Crippen LogP contribution >= 0.6 is 0 Å². The highest BCUT2D eigenvalue weighted by Crippen LogP contribution is 2.18. The van der Waals surface area contributed by atoms with Crippen LogP contribution in [0.4, 0.5) is 0 Å². The van der Waals surface area contributed by atoms with Gasteiger partial charge in [-0.1, -0.05) is 0 Å². The second-order valence-corrected chi connectivity index (χ2v) is 4.78. The maximum atomic E-state index is 9.92. The number of hydrogen-bond acceptors (Lipinski definition) is 3. The van der Waals surface area contributed by atoms with Crippen molar-refractivity contribution in [3.8, 4) is 0 Å². The highest BCUT2D eigenvalue weighted by atomic mass is 16.5. The van der Waals surface area contributed by atoms with Gasteiger partial charge in [-0.3, -0.25) is 4.98 Å². The molecule has 2 rings (SSSR count). The molecule has 0 radical (unpaired) electrons. The monoisotopic (exact) mass is 235 g/mol. The molecule has 0 amide bonds. The number of aromatic nitrogens is 1. The maximum absolute atomic E-state index is 9.92. The van der Waals surface area contributed by atoms with Crippen LogP contribution < -0.4 is 0 Å². The van der Waals surface area contributed by atoms with Crippen molar-refractivity contribution in [2.75, 3.05) is 6.61 Å². The van der Waals surface area contributed by atoms with E-state index in [2.05, 4.69) is 4.98 Å². The van der Waals surface area contributed by atoms with Crippen molar-refractivity contribution in [1.29, 1.82) is 0 Å². The molecule has 94 valence electrons. The number of hydrogen-bond donors (Lipinski definition) is 1. The lowest BCUT2D eigenvalue weighted by Gasteiger charge is -2.12. The first-order chi connectivity index (χ1) is 8.34. The first kappa shape index (κ1) is 12.5. The van der Waals surface area contributed by atoms with Crippen molar-refractivity contribution < 1.29 is 9.84 Å². The molecule has 1 aromatic heterocycles. The Morgan fingerprint density at radius 1 is 1.41 bits per heavy atom. The van der Waals surface area contributed by atoms with E-state index in [9.17, 15) is 5.11 Å². The fourth-order valence-electron chi connectivity index (χ4n) is 2.35. The Balaban J connectivity index is 1.62. The zero-order valence-corrected chi connectivity index (χ0v) is 10.2. The molecule has 1 fully saturated rings. The summed E-state index contributed by atoms with van der Waals surface area (Å²) in [6.45, 7) is 0.921. The Kier molecular flexibility index (Phi) is 4.95. The minimum Gasteiger partial charge on any atom is -0.393 e. The third kappa shape index (κ3) is 4.44. The normalized spacial score (nSPS) is 21.6. The summed E-state index contributed by atoms with van der Waals surface area (Å²) in [6, 6.07) is 3.92. The van der Waals surface area contributed by atoms with Gasteiger partial charge in [-0.25, -0.2) is 0 Å². The third-order valence-electron chi connectivity index (χ3n) is 3.31. The summed E-state index contributed by atoms with van der Waals surface area (Å²) in [5.74, 6) is 0. The molecular formula is C14H21NO2. The maximum Gasteiger partial charge on any atom is 0.0580 e. The lowest BCUT2D eigenvalue weighted by molar-refractivity contribution is 0.0945. The smallest absolute Gasteiger partial charge is 0.0580 e. The lowest BCUT2D eigenvalue weighted by atomic mass is 10.0. The molecule has 1 saturated heterocycles. The minimum atomic E-state index is -0.237. The van der Waals surface area contributed by atoms with Crippen molar-refractivity contribution in [2.24, 2.45) is 0 Å². The summed E-state index contributed by atoms with van der Waals surface area (Å²) in [4.78, 5) is 3.97. The van der Waals surface area contributed by atoms with Gasteiger partial charge in [0.25, 0.3) is 0 Å². The molecule has 3 nitrogen and oxygen atoms in total. The second-order valence-electron chi connectivity index (χ2n) is 4.78. The molecule has 1 N–H and O–H groups in total. The standard InChI is InChI=1S/C14H21NO2/c16-13(11-12-6-8-15-9-7-12)3-1-4-14-5-2-10-17-14/h6-9,13-14,16H,1-5,10-11H2. The van der Waals surface area contributed by atoms with Crippen LogP contribution in [0.25, 0.3) is 0 Å². The summed E-state index contributed by atoms with van der Waals surface area (Å²) in [6.07, 6.45) is 9.88. The Labute approximate surface area is 103 Å². The van der Waals surface area contributed by atoms with E-state index < -0.39 is 0 Å². The number of pyridine rings is 1. The van der Waals surface area contributed by atoms with Crippen molar-refractivity contribution in [1.82, 2.24) is 4.98 Å². The number of aliphatic hydroxyl groups is 1. The molecular weight excluding hydrogens is 214 g/mol. The van der Waals surface area contributed by atoms with E-state index in [0.29, 0.717) is 6.10 Å². The predicted molar refractivity (Wildman–Crippen MR) is 66.8 cm³/mol. The molecule has 1 aliphatic rings. The molecule has 1 aromatic rings. The Morgan fingerprint density at radius 2 is 2.24 bits per heavy atom. The van der Waals surface area contributed by atoms with Gasteiger partial charge in [0, 0.05) is 19.0 Å². The Morgan fingerprint density at radius 3 is 2.94 bits per heavy atom. The average molecular weight is 235 g/mol. The average Bonchev–Trinajstić information content (AvgIpc) is 2.83. The van der Waals surface area contributed by atoms with Crippen molar-refractivity contribution in [3.05, 3.63) is 30.1 Å². The van der Waals surface area contributed by atoms with E-state index >= 15 is 0 Å². The van der Waals surface area contributed by atoms with Crippen molar-refractivity contribution in [3.63, 3.8) is 0 Å². The first-order valence-corrected chi connectivity index (χ1v) is 6.53. The quantitative estimate of drug-likeness (QED) is 0.823. The second kappa shape index (κ2) is 6.72. The van der Waals surface area contributed by atoms with Crippen LogP contribution in [0.15, 0.2) is 24.5 Å². The zero-order valence-electron chi connectivity index (χ0n) is 10.2. The number of nitrogens with zero attached hydrogens (tertiary/aromatic N) is 1. The highest BCUT2D eigenvalue weighted by molar-refractivity contribution is 5.10. The molecule has 2 unspecified atom stereocenters. The summed E-state index contributed by atoms with van der Waals surface area (Å²) in [5, 5.41) is 9.92. The van der Waals surface area contributed by atoms with Crippen LogP contribution in [0.2, 0.25) is 0 Å². The van der Waals surface area contributed by atoms with Gasteiger partial charge < -0.3 is 9.84 Å². The SMILES string of the molecule is OC(CCCC1CCCO1)Cc1ccncc1. The van der Waals surface area contributed by atoms with Gasteiger partial charge in [0.2, 0.25) is 0 Å². The molecule has 1 aliphatic heterocycles. The predicted octanol–water partition coefficient (Wildman–Crippen LogP) is 2.33. The zero-order chi connectivity index (χ0) is 11.9. The third-order valence-corrected chi connectivity index (χ3v) is 3.31. The van der Waals surface area contributed by atoms with Gasteiger partial charge in [-0.05, 0) is 56.2 Å². The summed E-state index contributed by atoms with van der Waals surface area (Å²) >= 11 is 0. The topological polar surface area (TPSA) is 42.4 Å². The lowest BCUT2D eigenvalue weighted by Crippen LogP contribution is -2.12. The van der Waals surface area contributed by atoms with Crippen LogP contribution in [0.5, 0.6) is 0 Å². The minimum absolute atomic E-state index is 0.237. The van der Waals surface area contributed by atoms with E-state index in [1.807, 2.05) is 12.1 Å². The van der Waals surface area contributed by atoms with Crippen molar-refractivity contribution >= 4 is 0 Å². The van der Waals surface area contributed by atoms with Gasteiger partial charge in [0.15, 0.2) is 0 Å². The van der Waals surface area contributed by atoms with Gasteiger partial charge in [-0.2, -0.15) is 0 Å². The summed E-state index contributed by atoms with van der Waals surface area (Å²) < 4.78 is 5.56. The van der Waals surface area contributed by atoms with Crippen LogP contribution in [-0.4, -0.2) is 28.9 Å². The molecule has 0 spiro atoms. The fourth-order valence-corrected chi connectivity index (χ4v) is 2.35. The Hall–Kier alpha value is -0.930. The largest absolute Gasteiger partial charge is 0.393 e. The molecule has 3 heteroatoms. The van der Waals surface area contributed by atoms with Crippen molar-refractivity contribution in [2.45, 2.75) is 50.7 Å². The van der Waals surface area contributed by atoms with E-state index in [0.717, 1.165) is 37.9 Å². The van der Waals surface area contributed by atoms with Gasteiger partial charge >= 0.3 is 0 Å². The van der Waals surface area contributed by atoms with E-state index in [1.54, 1.807) is 12.4 Å². The van der Waals surface area contributed by atoms with Gasteiger partial charge in [-0.15, -0.1) is 0 Å². The highest BCUT2D eigenvalue weighted by Gasteiger charge is 2.15. The van der Waals surface area contributed by atoms with Gasteiger partial charge in [0.1, 0.15) is 0 Å². The van der Waals surface area contributed by atoms with Crippen LogP contribution in [0, 0.1) is 0 Å². The first-order valence-electron chi connectivity index (χ1n) is 6.53. The molecule has 0 saturated carbocycles. The molecule has 2 atom stereocenters. The van der Waals surface area contributed by atoms with E-state index in [4.69, 9.17) is 4.74 Å². The number of rotatable bonds is 6. The Bertz CT molecular complexity index is 309. The molecule has 2 heterocycles. The van der Waals surface area contributed by atoms with Crippen LogP contribution in [-0.2, 0) is 11.2 Å². The fraction of sp³-hybridized carbons (Fsp3) is 0.643. The summed E-state index contributed by atoms with van der Waals surface area (Å²) in [5.41, 5.74) is 1.16. The van der Waals surface area contributed by atoms with Crippen LogP contribution in [0.3, 0.4) is 0 Å². The molecule has 0 aliphatic carbocycles. The summed E-state index contributed by atoms with van der Waals surface area (Å²) in [7, 11) is 0. The number of ether oxygens (including phenoxy) is 1. The van der Waals surface area contributed by atoms with E-state index in [1.165, 1.54) is 12.8 Å². The van der Waals surface area contributed by atoms with Gasteiger partial charge in [0.05, 0.1) is 12.2 Å². The molecule has 0 bridgehead atoms. The molecule has 17 heavy (non-hydrogen) atoms. The van der Waals surface area contributed by atoms with Crippen LogP contribution in [0.1, 0.15) is 37.7 Å². The van der Waals surface area contributed by atoms with E-state index in [-0.39, 0.29) is 6.10 Å².